The fourth-order valence-electron chi connectivity index (χ4n) is 3.32. The second-order valence-corrected chi connectivity index (χ2v) is 7.54. The van der Waals surface area contributed by atoms with E-state index in [9.17, 15) is 9.59 Å². The summed E-state index contributed by atoms with van der Waals surface area (Å²) >= 11 is 1.59. The van der Waals surface area contributed by atoms with E-state index in [1.54, 1.807) is 23.2 Å². The van der Waals surface area contributed by atoms with Gasteiger partial charge in [0.15, 0.2) is 5.13 Å². The van der Waals surface area contributed by atoms with Crippen molar-refractivity contribution in [2.75, 3.05) is 38.1 Å². The van der Waals surface area contributed by atoms with Crippen molar-refractivity contribution in [1.82, 2.24) is 14.8 Å². The van der Waals surface area contributed by atoms with Crippen molar-refractivity contribution in [1.29, 1.82) is 0 Å². The number of likely N-dealkylation sites (N-methyl/N-ethyl adjacent to an activating group) is 1. The van der Waals surface area contributed by atoms with Gasteiger partial charge in [0.1, 0.15) is 0 Å². The highest BCUT2D eigenvalue weighted by Gasteiger charge is 2.29. The quantitative estimate of drug-likeness (QED) is 0.885. The number of fused-ring (bicyclic) bond motifs is 1. The molecule has 0 radical (unpaired) electrons. The Hall–Kier alpha value is -1.67. The molecule has 1 fully saturated rings. The minimum Gasteiger partial charge on any atom is -0.450 e. The number of hydrogen-bond donors (Lipinski definition) is 1. The summed E-state index contributed by atoms with van der Waals surface area (Å²) in [7, 11) is 0. The SMILES string of the molecule is CCOC(=O)N1CCC(C(=O)Nc2nc3c(s2)CN(CC)CC3)CC1. The van der Waals surface area contributed by atoms with E-state index < -0.39 is 0 Å². The molecule has 0 aliphatic carbocycles. The molecule has 0 unspecified atom stereocenters. The van der Waals surface area contributed by atoms with Gasteiger partial charge in [-0.2, -0.15) is 0 Å². The van der Waals surface area contributed by atoms with Crippen LogP contribution in [-0.4, -0.2) is 59.6 Å². The first-order valence-corrected chi connectivity index (χ1v) is 9.85. The van der Waals surface area contributed by atoms with E-state index in [0.717, 1.165) is 31.7 Å². The van der Waals surface area contributed by atoms with Gasteiger partial charge in [0.05, 0.1) is 12.3 Å². The number of hydrogen-bond acceptors (Lipinski definition) is 6. The lowest BCUT2D eigenvalue weighted by atomic mass is 9.96. The first-order chi connectivity index (χ1) is 12.1. The van der Waals surface area contributed by atoms with Gasteiger partial charge in [0, 0.05) is 43.4 Å². The summed E-state index contributed by atoms with van der Waals surface area (Å²) in [4.78, 5) is 34.2. The molecule has 0 atom stereocenters. The van der Waals surface area contributed by atoms with Gasteiger partial charge in [0.2, 0.25) is 5.91 Å². The van der Waals surface area contributed by atoms with Gasteiger partial charge in [-0.1, -0.05) is 6.92 Å². The lowest BCUT2D eigenvalue weighted by Crippen LogP contribution is -2.41. The van der Waals surface area contributed by atoms with Crippen LogP contribution in [0.1, 0.15) is 37.3 Å². The number of ether oxygens (including phenoxy) is 1. The molecule has 0 saturated carbocycles. The number of thiazole rings is 1. The number of rotatable bonds is 4. The molecule has 2 aliphatic rings. The molecular formula is C17H26N4O3S. The number of nitrogens with one attached hydrogen (secondary N) is 1. The molecule has 2 amide bonds. The van der Waals surface area contributed by atoms with Gasteiger partial charge in [0.25, 0.3) is 0 Å². The highest BCUT2D eigenvalue weighted by Crippen LogP contribution is 2.29. The maximum absolute atomic E-state index is 12.5. The third kappa shape index (κ3) is 4.30. The van der Waals surface area contributed by atoms with Crippen molar-refractivity contribution in [3.8, 4) is 0 Å². The first kappa shape index (κ1) is 18.1. The Bertz CT molecular complexity index is 625. The third-order valence-corrected chi connectivity index (χ3v) is 5.88. The topological polar surface area (TPSA) is 74.8 Å². The molecule has 7 nitrogen and oxygen atoms in total. The van der Waals surface area contributed by atoms with Gasteiger partial charge in [-0.3, -0.25) is 9.69 Å². The standard InChI is InChI=1S/C17H26N4O3S/c1-3-20-8-7-13-14(11-20)25-16(18-13)19-15(22)12-5-9-21(10-6-12)17(23)24-4-2/h12H,3-11H2,1-2H3,(H,18,19,22). The second-order valence-electron chi connectivity index (χ2n) is 6.46. The summed E-state index contributed by atoms with van der Waals surface area (Å²) in [6.45, 7) is 8.47. The smallest absolute Gasteiger partial charge is 0.409 e. The van der Waals surface area contributed by atoms with Crippen LogP contribution in [0.2, 0.25) is 0 Å². The Balaban J connectivity index is 1.52. The molecule has 3 heterocycles. The highest BCUT2D eigenvalue weighted by atomic mass is 32.1. The van der Waals surface area contributed by atoms with Crippen molar-refractivity contribution >= 4 is 28.5 Å². The molecule has 0 bridgehead atoms. The van der Waals surface area contributed by atoms with Crippen LogP contribution >= 0.6 is 11.3 Å². The fraction of sp³-hybridized carbons (Fsp3) is 0.706. The van der Waals surface area contributed by atoms with Crippen molar-refractivity contribution in [3.63, 3.8) is 0 Å². The molecule has 1 N–H and O–H groups in total. The Morgan fingerprint density at radius 1 is 1.28 bits per heavy atom. The largest absolute Gasteiger partial charge is 0.450 e. The molecular weight excluding hydrogens is 340 g/mol. The Labute approximate surface area is 152 Å². The van der Waals surface area contributed by atoms with Crippen molar-refractivity contribution < 1.29 is 14.3 Å². The molecule has 3 rings (SSSR count). The second kappa shape index (κ2) is 8.14. The molecule has 1 aromatic rings. The van der Waals surface area contributed by atoms with E-state index in [1.807, 2.05) is 0 Å². The zero-order valence-electron chi connectivity index (χ0n) is 14.9. The molecule has 8 heteroatoms. The van der Waals surface area contributed by atoms with E-state index in [1.165, 1.54) is 4.88 Å². The van der Waals surface area contributed by atoms with Gasteiger partial charge in [-0.05, 0) is 26.3 Å². The van der Waals surface area contributed by atoms with E-state index in [2.05, 4.69) is 22.1 Å². The Kier molecular flexibility index (Phi) is 5.90. The van der Waals surface area contributed by atoms with Gasteiger partial charge >= 0.3 is 6.09 Å². The Morgan fingerprint density at radius 3 is 2.72 bits per heavy atom. The number of carbonyl (C=O) groups is 2. The predicted octanol–water partition coefficient (Wildman–Crippen LogP) is 2.33. The van der Waals surface area contributed by atoms with Crippen LogP contribution in [0.4, 0.5) is 9.93 Å². The van der Waals surface area contributed by atoms with E-state index in [-0.39, 0.29) is 17.9 Å². The number of carbonyl (C=O) groups excluding carboxylic acids is 2. The lowest BCUT2D eigenvalue weighted by Gasteiger charge is -2.30. The van der Waals surface area contributed by atoms with Crippen LogP contribution in [0.25, 0.3) is 0 Å². The minimum absolute atomic E-state index is 0.0157. The third-order valence-electron chi connectivity index (χ3n) is 4.88. The van der Waals surface area contributed by atoms with E-state index >= 15 is 0 Å². The lowest BCUT2D eigenvalue weighted by molar-refractivity contribution is -0.121. The summed E-state index contributed by atoms with van der Waals surface area (Å²) in [5.74, 6) is -0.0549. The average molecular weight is 366 g/mol. The van der Waals surface area contributed by atoms with Crippen molar-refractivity contribution in [3.05, 3.63) is 10.6 Å². The zero-order valence-corrected chi connectivity index (χ0v) is 15.7. The van der Waals surface area contributed by atoms with Crippen LogP contribution in [0, 0.1) is 5.92 Å². The van der Waals surface area contributed by atoms with Crippen LogP contribution in [0.5, 0.6) is 0 Å². The Morgan fingerprint density at radius 2 is 2.04 bits per heavy atom. The van der Waals surface area contributed by atoms with Gasteiger partial charge in [-0.25, -0.2) is 9.78 Å². The molecule has 0 aromatic carbocycles. The number of aromatic nitrogens is 1. The van der Waals surface area contributed by atoms with Gasteiger partial charge in [-0.15, -0.1) is 11.3 Å². The molecule has 1 saturated heterocycles. The zero-order chi connectivity index (χ0) is 17.8. The van der Waals surface area contributed by atoms with E-state index in [0.29, 0.717) is 37.7 Å². The van der Waals surface area contributed by atoms with Crippen LogP contribution < -0.4 is 5.32 Å². The van der Waals surface area contributed by atoms with Crippen molar-refractivity contribution in [2.45, 2.75) is 39.7 Å². The first-order valence-electron chi connectivity index (χ1n) is 9.04. The summed E-state index contributed by atoms with van der Waals surface area (Å²) in [5.41, 5.74) is 1.13. The minimum atomic E-state index is -0.283. The van der Waals surface area contributed by atoms with Crippen LogP contribution in [0.3, 0.4) is 0 Å². The molecule has 0 spiro atoms. The fourth-order valence-corrected chi connectivity index (χ4v) is 4.37. The van der Waals surface area contributed by atoms with Crippen LogP contribution in [-0.2, 0) is 22.5 Å². The summed E-state index contributed by atoms with van der Waals surface area (Å²) in [6, 6.07) is 0. The summed E-state index contributed by atoms with van der Waals surface area (Å²) < 4.78 is 5.01. The van der Waals surface area contributed by atoms with Gasteiger partial charge < -0.3 is 15.0 Å². The number of piperidine rings is 1. The highest BCUT2D eigenvalue weighted by molar-refractivity contribution is 7.15. The maximum Gasteiger partial charge on any atom is 0.409 e. The summed E-state index contributed by atoms with van der Waals surface area (Å²) in [5, 5.41) is 3.70. The molecule has 2 aliphatic heterocycles. The van der Waals surface area contributed by atoms with Crippen molar-refractivity contribution in [2.24, 2.45) is 5.92 Å². The molecule has 25 heavy (non-hydrogen) atoms. The number of nitrogens with zero attached hydrogens (tertiary/aromatic N) is 3. The predicted molar refractivity (Wildman–Crippen MR) is 96.7 cm³/mol. The molecule has 1 aromatic heterocycles. The normalized spacial score (nSPS) is 18.7. The monoisotopic (exact) mass is 366 g/mol. The van der Waals surface area contributed by atoms with E-state index in [4.69, 9.17) is 4.74 Å². The number of amides is 2. The number of likely N-dealkylation sites (tertiary alicyclic amines) is 1. The number of anilines is 1. The average Bonchev–Trinajstić information content (AvgIpc) is 3.03. The summed E-state index contributed by atoms with van der Waals surface area (Å²) in [6.07, 6.45) is 2.00. The molecule has 138 valence electrons. The maximum atomic E-state index is 12.5. The van der Waals surface area contributed by atoms with Crippen LogP contribution in [0.15, 0.2) is 0 Å².